The van der Waals surface area contributed by atoms with Gasteiger partial charge in [-0.05, 0) is 19.9 Å². The van der Waals surface area contributed by atoms with Gasteiger partial charge < -0.3 is 4.55 Å². The molecule has 2 N–H and O–H groups in total. The quantitative estimate of drug-likeness (QED) is 0.454. The number of hydrazine groups is 1. The van der Waals surface area contributed by atoms with Crippen molar-refractivity contribution in [2.75, 3.05) is 20.6 Å². The minimum atomic E-state index is -2.17. The van der Waals surface area contributed by atoms with Crippen molar-refractivity contribution in [3.05, 3.63) is 0 Å². The van der Waals surface area contributed by atoms with Crippen LogP contribution in [0.1, 0.15) is 13.8 Å². The summed E-state index contributed by atoms with van der Waals surface area (Å²) in [5, 5.41) is 1.91. The zero-order valence-corrected chi connectivity index (χ0v) is 9.35. The Hall–Kier alpha value is -0.0100. The lowest BCUT2D eigenvalue weighted by molar-refractivity contribution is 0.209. The summed E-state index contributed by atoms with van der Waals surface area (Å²) in [6, 6.07) is -0.0471. The van der Waals surface area contributed by atoms with Gasteiger partial charge in [0.1, 0.15) is 0 Å². The van der Waals surface area contributed by atoms with E-state index < -0.39 is 11.3 Å². The van der Waals surface area contributed by atoms with Crippen LogP contribution in [0.4, 0.5) is 0 Å². The first-order valence-corrected chi connectivity index (χ1v) is 5.28. The highest BCUT2D eigenvalue weighted by molar-refractivity contribution is 7.77. The molecule has 0 aromatic rings. The van der Waals surface area contributed by atoms with Gasteiger partial charge in [-0.15, -0.1) is 0 Å². The minimum Gasteiger partial charge on any atom is -0.760 e. The molecule has 1 unspecified atom stereocenters. The summed E-state index contributed by atoms with van der Waals surface area (Å²) in [5.74, 6) is 0.260. The van der Waals surface area contributed by atoms with Crippen LogP contribution < -0.4 is 10.1 Å². The van der Waals surface area contributed by atoms with Crippen LogP contribution in [0, 0.1) is 5.92 Å². The zero-order chi connectivity index (χ0) is 10.4. The normalized spacial score (nSPS) is 18.6. The van der Waals surface area contributed by atoms with E-state index in [4.69, 9.17) is 0 Å². The van der Waals surface area contributed by atoms with Gasteiger partial charge in [-0.2, -0.15) is 0 Å². The van der Waals surface area contributed by atoms with Gasteiger partial charge in [0.25, 0.3) is 0 Å². The molecule has 6 heteroatoms. The van der Waals surface area contributed by atoms with Crippen molar-refractivity contribution < 1.29 is 8.76 Å². The van der Waals surface area contributed by atoms with Crippen molar-refractivity contribution in [1.82, 2.24) is 15.2 Å². The van der Waals surface area contributed by atoms with Crippen molar-refractivity contribution in [2.45, 2.75) is 19.9 Å². The van der Waals surface area contributed by atoms with Crippen molar-refractivity contribution in [3.8, 4) is 0 Å². The van der Waals surface area contributed by atoms with Gasteiger partial charge in [-0.3, -0.25) is 9.63 Å². The number of hydrogen-bond donors (Lipinski definition) is 2. The van der Waals surface area contributed by atoms with Crippen LogP contribution in [0.2, 0.25) is 0 Å². The molecule has 0 rings (SSSR count). The lowest BCUT2D eigenvalue weighted by Gasteiger charge is -2.26. The highest BCUT2D eigenvalue weighted by Crippen LogP contribution is 2.03. The molecule has 0 amide bonds. The highest BCUT2D eigenvalue weighted by atomic mass is 32.2. The molecule has 0 heterocycles. The average molecular weight is 208 g/mol. The maximum Gasteiger partial charge on any atom is 0.0194 e. The Labute approximate surface area is 82.3 Å². The van der Waals surface area contributed by atoms with Crippen LogP contribution in [0.15, 0.2) is 0 Å². The molecule has 13 heavy (non-hydrogen) atoms. The molecule has 3 atom stereocenters. The second-order valence-corrected chi connectivity index (χ2v) is 3.93. The topological polar surface area (TPSA) is 67.4 Å². The third kappa shape index (κ3) is 6.11. The summed E-state index contributed by atoms with van der Waals surface area (Å²) in [5.41, 5.74) is 2.96. The van der Waals surface area contributed by atoms with E-state index in [-0.39, 0.29) is 12.0 Å². The molecule has 0 aliphatic heterocycles. The Morgan fingerprint density at radius 2 is 2.08 bits per heavy atom. The van der Waals surface area contributed by atoms with Crippen molar-refractivity contribution >= 4 is 11.3 Å². The maximum atomic E-state index is 10.3. The van der Waals surface area contributed by atoms with E-state index in [1.165, 1.54) is 0 Å². The van der Waals surface area contributed by atoms with E-state index in [1.54, 1.807) is 0 Å². The van der Waals surface area contributed by atoms with E-state index in [0.717, 1.165) is 6.54 Å². The lowest BCUT2D eigenvalue weighted by Crippen LogP contribution is -2.42. The summed E-state index contributed by atoms with van der Waals surface area (Å²) in [7, 11) is 3.74. The van der Waals surface area contributed by atoms with E-state index >= 15 is 0 Å². The molecule has 0 fully saturated rings. The summed E-state index contributed by atoms with van der Waals surface area (Å²) < 4.78 is 23.1. The van der Waals surface area contributed by atoms with E-state index in [0.29, 0.717) is 0 Å². The summed E-state index contributed by atoms with van der Waals surface area (Å²) in [6.45, 7) is 4.64. The molecule has 0 saturated heterocycles. The minimum absolute atomic E-state index is 0.0471. The number of rotatable bonds is 6. The van der Waals surface area contributed by atoms with Crippen LogP contribution in [0.25, 0.3) is 0 Å². The summed E-state index contributed by atoms with van der Waals surface area (Å²) in [4.78, 5) is 0. The van der Waals surface area contributed by atoms with Crippen LogP contribution in [-0.2, 0) is 11.3 Å². The predicted molar refractivity (Wildman–Crippen MR) is 52.4 cm³/mol. The Morgan fingerprint density at radius 3 is 2.46 bits per heavy atom. The molecule has 0 aromatic heterocycles. The van der Waals surface area contributed by atoms with E-state index in [9.17, 15) is 8.76 Å². The molecular weight excluding hydrogens is 190 g/mol. The Morgan fingerprint density at radius 1 is 1.54 bits per heavy atom. The Bertz CT molecular complexity index is 168. The molecule has 0 saturated carbocycles. The van der Waals surface area contributed by atoms with Crippen LogP contribution >= 0.6 is 0 Å². The molecule has 80 valence electrons. The first-order valence-electron chi connectivity index (χ1n) is 4.21. The monoisotopic (exact) mass is 208 g/mol. The Balaban J connectivity index is 3.81. The molecule has 5 nitrogen and oxygen atoms in total. The van der Waals surface area contributed by atoms with Crippen LogP contribution in [0.3, 0.4) is 0 Å². The van der Waals surface area contributed by atoms with Crippen molar-refractivity contribution in [1.29, 1.82) is 0 Å². The summed E-state index contributed by atoms with van der Waals surface area (Å²) >= 11 is -2.17. The first kappa shape index (κ1) is 13.0. The highest BCUT2D eigenvalue weighted by Gasteiger charge is 2.13. The fourth-order valence-corrected chi connectivity index (χ4v) is 1.49. The molecule has 0 bridgehead atoms. The van der Waals surface area contributed by atoms with E-state index in [2.05, 4.69) is 10.1 Å². The fraction of sp³-hybridized carbons (Fsp3) is 1.00. The molecular formula is C7H18N3O2S-. The fourth-order valence-electron chi connectivity index (χ4n) is 0.949. The van der Waals surface area contributed by atoms with Crippen molar-refractivity contribution in [2.24, 2.45) is 5.92 Å². The zero-order valence-electron chi connectivity index (χ0n) is 8.53. The number of nitrogens with zero attached hydrogens (tertiary/aromatic N) is 1. The number of hydrogen-bond acceptors (Lipinski definition) is 4. The molecule has 0 radical (unpaired) electrons. The van der Waals surface area contributed by atoms with Gasteiger partial charge in [0.2, 0.25) is 0 Å². The lowest BCUT2D eigenvalue weighted by atomic mass is 10.1. The molecule has 0 spiro atoms. The first-order chi connectivity index (χ1) is 5.97. The SMILES string of the molecule is CNN(C)C[C@H](C)[C@@H](C)NS(=O)[O-]. The van der Waals surface area contributed by atoms with Crippen molar-refractivity contribution in [3.63, 3.8) is 0 Å². The smallest absolute Gasteiger partial charge is 0.0194 e. The third-order valence-corrected chi connectivity index (χ3v) is 2.64. The molecule has 0 aliphatic rings. The van der Waals surface area contributed by atoms with Gasteiger partial charge >= 0.3 is 0 Å². The van der Waals surface area contributed by atoms with Gasteiger partial charge in [-0.1, -0.05) is 6.92 Å². The van der Waals surface area contributed by atoms with Crippen LogP contribution in [0.5, 0.6) is 0 Å². The van der Waals surface area contributed by atoms with Gasteiger partial charge in [-0.25, -0.2) is 9.73 Å². The average Bonchev–Trinajstić information content (AvgIpc) is 2.02. The standard InChI is InChI=1S/C7H19N3O2S/c1-6(5-10(4)8-3)7(2)9-13(11)12/h6-9H,5H2,1-4H3,(H,11,12)/p-1/t6-,7+/m0/s1. The second kappa shape index (κ2) is 6.44. The molecule has 0 aromatic carbocycles. The third-order valence-electron chi connectivity index (χ3n) is 2.08. The maximum absolute atomic E-state index is 10.3. The second-order valence-electron chi connectivity index (χ2n) is 3.22. The number of nitrogens with one attached hydrogen (secondary N) is 2. The Kier molecular flexibility index (Phi) is 6.44. The van der Waals surface area contributed by atoms with E-state index in [1.807, 2.05) is 33.0 Å². The molecule has 0 aliphatic carbocycles. The summed E-state index contributed by atoms with van der Waals surface area (Å²) in [6.07, 6.45) is 0. The van der Waals surface area contributed by atoms with Crippen LogP contribution in [-0.4, -0.2) is 40.5 Å². The predicted octanol–water partition coefficient (Wildman–Crippen LogP) is -0.539. The largest absolute Gasteiger partial charge is 0.760 e. The van der Waals surface area contributed by atoms with Gasteiger partial charge in [0, 0.05) is 30.9 Å². The van der Waals surface area contributed by atoms with Gasteiger partial charge in [0.15, 0.2) is 0 Å². The van der Waals surface area contributed by atoms with Gasteiger partial charge in [0.05, 0.1) is 0 Å².